The van der Waals surface area contributed by atoms with Crippen molar-refractivity contribution >= 4 is 55.6 Å². The van der Waals surface area contributed by atoms with Gasteiger partial charge in [-0.2, -0.15) is 10.1 Å². The molecule has 174 valence electrons. The molecule has 2 amide bonds. The summed E-state index contributed by atoms with van der Waals surface area (Å²) in [5.41, 5.74) is 0.372. The molecule has 1 aromatic carbocycles. The second kappa shape index (κ2) is 8.58. The fraction of sp³-hybridized carbons (Fsp3) is 0.273. The summed E-state index contributed by atoms with van der Waals surface area (Å²) in [4.78, 5) is 39.9. The monoisotopic (exact) mass is 590 g/mol. The quantitative estimate of drug-likeness (QED) is 0.160. The summed E-state index contributed by atoms with van der Waals surface area (Å²) >= 11 is 6.93. The predicted molar refractivity (Wildman–Crippen MR) is 127 cm³/mol. The van der Waals surface area contributed by atoms with Gasteiger partial charge >= 0.3 is 0 Å². The fourth-order valence-electron chi connectivity index (χ4n) is 4.71. The van der Waals surface area contributed by atoms with Crippen molar-refractivity contribution < 1.29 is 24.0 Å². The molecule has 2 aromatic rings. The number of allylic oxidation sites excluding steroid dienone is 2. The van der Waals surface area contributed by atoms with Gasteiger partial charge in [0.25, 0.3) is 17.5 Å². The standard InChI is InChI=1S/C22H16Br2N4O6/c1-33-14-7-12(8-26-27-21(29)16-10-2-3-11(6-10)17(16)22(27)30)18(23)19(24)20(14)34-15-5-4-13(9-25-15)28(31)32/h2-5,7-11,16-17H,6H2,1H3/t10-,11-,16-,17+/m0/s1. The fourth-order valence-corrected chi connectivity index (χ4v) is 5.61. The summed E-state index contributed by atoms with van der Waals surface area (Å²) < 4.78 is 12.2. The van der Waals surface area contributed by atoms with Crippen LogP contribution in [-0.2, 0) is 9.59 Å². The molecule has 2 fully saturated rings. The van der Waals surface area contributed by atoms with Crippen LogP contribution < -0.4 is 9.47 Å². The Hall–Kier alpha value is -3.12. The van der Waals surface area contributed by atoms with Gasteiger partial charge in [0.2, 0.25) is 5.88 Å². The Balaban J connectivity index is 1.41. The number of nitrogens with zero attached hydrogens (tertiary/aromatic N) is 4. The normalized spacial score (nSPS) is 24.9. The van der Waals surface area contributed by atoms with Crippen molar-refractivity contribution in [2.24, 2.45) is 28.8 Å². The number of carbonyl (C=O) groups is 2. The van der Waals surface area contributed by atoms with Crippen LogP contribution in [0.5, 0.6) is 17.4 Å². The maximum Gasteiger partial charge on any atom is 0.287 e. The highest BCUT2D eigenvalue weighted by atomic mass is 79.9. The molecule has 3 aliphatic rings. The number of halogens is 2. The lowest BCUT2D eigenvalue weighted by atomic mass is 9.85. The van der Waals surface area contributed by atoms with E-state index < -0.39 is 4.92 Å². The number of ether oxygens (including phenoxy) is 2. The van der Waals surface area contributed by atoms with Crippen molar-refractivity contribution in [2.75, 3.05) is 7.11 Å². The average Bonchev–Trinajstić information content (AvgIpc) is 3.51. The van der Waals surface area contributed by atoms with Crippen LogP contribution in [0.1, 0.15) is 12.0 Å². The molecule has 0 radical (unpaired) electrons. The van der Waals surface area contributed by atoms with Crippen LogP contribution in [0, 0.1) is 33.8 Å². The van der Waals surface area contributed by atoms with Crippen LogP contribution >= 0.6 is 31.9 Å². The van der Waals surface area contributed by atoms with Crippen molar-refractivity contribution in [3.8, 4) is 17.4 Å². The van der Waals surface area contributed by atoms with Gasteiger partial charge in [0.15, 0.2) is 11.5 Å². The predicted octanol–water partition coefficient (Wildman–Crippen LogP) is 4.46. The maximum atomic E-state index is 12.8. The van der Waals surface area contributed by atoms with Gasteiger partial charge < -0.3 is 9.47 Å². The van der Waals surface area contributed by atoms with E-state index in [0.29, 0.717) is 20.3 Å². The average molecular weight is 592 g/mol. The lowest BCUT2D eigenvalue weighted by molar-refractivity contribution is -0.385. The number of methoxy groups -OCH3 is 1. The van der Waals surface area contributed by atoms with Crippen molar-refractivity contribution in [1.82, 2.24) is 9.99 Å². The highest BCUT2D eigenvalue weighted by molar-refractivity contribution is 9.13. The lowest BCUT2D eigenvalue weighted by Gasteiger charge is -2.15. The molecule has 5 rings (SSSR count). The van der Waals surface area contributed by atoms with Crippen LogP contribution in [0.3, 0.4) is 0 Å². The Morgan fingerprint density at radius 1 is 1.18 bits per heavy atom. The second-order valence-corrected chi connectivity index (χ2v) is 9.66. The van der Waals surface area contributed by atoms with Gasteiger partial charge in [-0.3, -0.25) is 19.7 Å². The van der Waals surface area contributed by atoms with Gasteiger partial charge in [0, 0.05) is 22.2 Å². The molecule has 2 heterocycles. The highest BCUT2D eigenvalue weighted by Crippen LogP contribution is 2.52. The van der Waals surface area contributed by atoms with E-state index in [1.54, 1.807) is 6.07 Å². The molecule has 0 spiro atoms. The van der Waals surface area contributed by atoms with Crippen molar-refractivity contribution in [3.05, 3.63) is 61.2 Å². The van der Waals surface area contributed by atoms with E-state index in [1.807, 2.05) is 12.2 Å². The number of carbonyl (C=O) groups excluding carboxylic acids is 2. The minimum Gasteiger partial charge on any atom is -0.493 e. The number of hydrogen-bond donors (Lipinski definition) is 0. The number of benzene rings is 1. The molecular formula is C22H16Br2N4O6. The number of aromatic nitrogens is 1. The minimum absolute atomic E-state index is 0.108. The first-order valence-electron chi connectivity index (χ1n) is 10.2. The molecule has 1 saturated heterocycles. The third-order valence-corrected chi connectivity index (χ3v) is 8.42. The first kappa shape index (κ1) is 22.7. The molecule has 34 heavy (non-hydrogen) atoms. The molecule has 0 unspecified atom stereocenters. The molecule has 4 atom stereocenters. The van der Waals surface area contributed by atoms with Crippen LogP contribution in [0.2, 0.25) is 0 Å². The summed E-state index contributed by atoms with van der Waals surface area (Å²) in [5.74, 6) is -0.254. The van der Waals surface area contributed by atoms with Crippen molar-refractivity contribution in [2.45, 2.75) is 6.42 Å². The largest absolute Gasteiger partial charge is 0.493 e. The van der Waals surface area contributed by atoms with Gasteiger partial charge in [0.1, 0.15) is 6.20 Å². The molecule has 1 aliphatic heterocycles. The molecule has 1 aromatic heterocycles. The van der Waals surface area contributed by atoms with E-state index in [2.05, 4.69) is 41.9 Å². The zero-order chi connectivity index (χ0) is 24.1. The maximum absolute atomic E-state index is 12.8. The third kappa shape index (κ3) is 3.61. The number of hydrazone groups is 1. The summed E-state index contributed by atoms with van der Waals surface area (Å²) in [6.07, 6.45) is 7.41. The molecule has 12 heteroatoms. The minimum atomic E-state index is -0.553. The van der Waals surface area contributed by atoms with Gasteiger partial charge in [0.05, 0.1) is 34.6 Å². The smallest absolute Gasteiger partial charge is 0.287 e. The Labute approximate surface area is 210 Å². The van der Waals surface area contributed by atoms with Crippen LogP contribution in [0.25, 0.3) is 0 Å². The van der Waals surface area contributed by atoms with Gasteiger partial charge in [-0.1, -0.05) is 12.2 Å². The van der Waals surface area contributed by atoms with Crippen molar-refractivity contribution in [3.63, 3.8) is 0 Å². The molecule has 2 aliphatic carbocycles. The van der Waals surface area contributed by atoms with Crippen LogP contribution in [0.15, 0.2) is 50.6 Å². The second-order valence-electron chi connectivity index (χ2n) is 8.07. The third-order valence-electron chi connectivity index (χ3n) is 6.27. The summed E-state index contributed by atoms with van der Waals surface area (Å²) in [7, 11) is 1.45. The number of rotatable bonds is 6. The summed E-state index contributed by atoms with van der Waals surface area (Å²) in [6.45, 7) is 0. The Bertz CT molecular complexity index is 1250. The van der Waals surface area contributed by atoms with E-state index >= 15 is 0 Å². The topological polar surface area (TPSA) is 124 Å². The summed E-state index contributed by atoms with van der Waals surface area (Å²) in [6, 6.07) is 4.27. The number of amides is 2. The van der Waals surface area contributed by atoms with E-state index in [0.717, 1.165) is 17.6 Å². The lowest BCUT2D eigenvalue weighted by Crippen LogP contribution is -2.28. The Morgan fingerprint density at radius 2 is 1.85 bits per heavy atom. The van der Waals surface area contributed by atoms with Crippen LogP contribution in [0.4, 0.5) is 5.69 Å². The SMILES string of the molecule is COc1cc(C=NN2C(=O)[C@@H]3[C@H](C2=O)[C@H]2C=C[C@H]3C2)c(Br)c(Br)c1Oc1ccc([N+](=O)[O-])cn1. The van der Waals surface area contributed by atoms with Crippen LogP contribution in [-0.4, -0.2) is 40.1 Å². The first-order chi connectivity index (χ1) is 16.3. The molecule has 2 bridgehead atoms. The van der Waals surface area contributed by atoms with Gasteiger partial charge in [-0.05, 0) is 56.2 Å². The number of imide groups is 1. The molecule has 0 N–H and O–H groups in total. The zero-order valence-corrected chi connectivity index (χ0v) is 20.7. The Kier molecular flexibility index (Phi) is 5.72. The van der Waals surface area contributed by atoms with E-state index in [4.69, 9.17) is 9.47 Å². The Morgan fingerprint density at radius 3 is 2.41 bits per heavy atom. The molecule has 1 saturated carbocycles. The molecular weight excluding hydrogens is 576 g/mol. The van der Waals surface area contributed by atoms with E-state index in [-0.39, 0.29) is 52.8 Å². The highest BCUT2D eigenvalue weighted by Gasteiger charge is 2.59. The zero-order valence-electron chi connectivity index (χ0n) is 17.6. The first-order valence-corrected chi connectivity index (χ1v) is 11.8. The van der Waals surface area contributed by atoms with E-state index in [9.17, 15) is 19.7 Å². The molecule has 10 nitrogen and oxygen atoms in total. The number of fused-ring (bicyclic) bond motifs is 5. The number of hydrogen-bond acceptors (Lipinski definition) is 8. The van der Waals surface area contributed by atoms with E-state index in [1.165, 1.54) is 25.5 Å². The van der Waals surface area contributed by atoms with Gasteiger partial charge in [-0.15, -0.1) is 0 Å². The number of pyridine rings is 1. The summed E-state index contributed by atoms with van der Waals surface area (Å²) in [5, 5.41) is 16.0. The van der Waals surface area contributed by atoms with Crippen molar-refractivity contribution in [1.29, 1.82) is 0 Å². The number of nitro groups is 1. The van der Waals surface area contributed by atoms with Gasteiger partial charge in [-0.25, -0.2) is 4.98 Å².